The molecule has 0 bridgehead atoms. The van der Waals surface area contributed by atoms with Gasteiger partial charge in [0.15, 0.2) is 0 Å². The van der Waals surface area contributed by atoms with Gasteiger partial charge in [-0.25, -0.2) is 13.9 Å². The van der Waals surface area contributed by atoms with Crippen molar-refractivity contribution in [2.24, 2.45) is 0 Å². The number of carbonyl (C=O) groups is 2. The lowest BCUT2D eigenvalue weighted by Crippen LogP contribution is -2.24. The van der Waals surface area contributed by atoms with E-state index in [-0.39, 0.29) is 17.1 Å². The first-order valence-corrected chi connectivity index (χ1v) is 9.11. The summed E-state index contributed by atoms with van der Waals surface area (Å²) in [5.74, 6) is -1.79. The van der Waals surface area contributed by atoms with Gasteiger partial charge in [-0.3, -0.25) is 4.79 Å². The fourth-order valence-electron chi connectivity index (χ4n) is 3.06. The van der Waals surface area contributed by atoms with Crippen LogP contribution in [-0.2, 0) is 4.79 Å². The van der Waals surface area contributed by atoms with Crippen molar-refractivity contribution in [2.45, 2.75) is 6.04 Å². The van der Waals surface area contributed by atoms with Gasteiger partial charge in [-0.15, -0.1) is 0 Å². The number of carboxylic acids is 1. The van der Waals surface area contributed by atoms with Crippen LogP contribution >= 0.6 is 0 Å². The summed E-state index contributed by atoms with van der Waals surface area (Å²) in [5.41, 5.74) is 1.47. The molecule has 8 heteroatoms. The van der Waals surface area contributed by atoms with E-state index in [1.807, 2.05) is 36.4 Å². The molecule has 0 spiro atoms. The number of rotatable bonds is 5. The lowest BCUT2D eigenvalue weighted by molar-refractivity contribution is -0.132. The van der Waals surface area contributed by atoms with Gasteiger partial charge in [0.2, 0.25) is 0 Å². The van der Waals surface area contributed by atoms with Gasteiger partial charge in [0, 0.05) is 5.69 Å². The van der Waals surface area contributed by atoms with E-state index in [1.54, 1.807) is 6.08 Å². The molecule has 0 saturated carbocycles. The first kappa shape index (κ1) is 19.1. The second-order valence-corrected chi connectivity index (χ2v) is 6.58. The summed E-state index contributed by atoms with van der Waals surface area (Å²) in [5, 5.41) is 19.2. The van der Waals surface area contributed by atoms with Gasteiger partial charge in [0.05, 0.1) is 12.2 Å². The zero-order valence-corrected chi connectivity index (χ0v) is 15.6. The number of anilines is 2. The van der Waals surface area contributed by atoms with E-state index in [2.05, 4.69) is 15.7 Å². The highest BCUT2D eigenvalue weighted by atomic mass is 19.1. The SMILES string of the molecule is O=C(O)C1=CC(/C=C/c2ccccc2)n2ncc(C(=O)Nc3ccc(F)cc3)c2N1. The Labute approximate surface area is 171 Å². The molecule has 4 rings (SSSR count). The lowest BCUT2D eigenvalue weighted by Gasteiger charge is -2.22. The summed E-state index contributed by atoms with van der Waals surface area (Å²) < 4.78 is 14.6. The topological polar surface area (TPSA) is 96.2 Å². The van der Waals surface area contributed by atoms with Gasteiger partial charge in [-0.1, -0.05) is 42.5 Å². The second kappa shape index (κ2) is 8.04. The number of carboxylic acid groups (broad SMARTS) is 1. The number of hydrogen-bond donors (Lipinski definition) is 3. The quantitative estimate of drug-likeness (QED) is 0.599. The summed E-state index contributed by atoms with van der Waals surface area (Å²) in [6.07, 6.45) is 6.54. The maximum Gasteiger partial charge on any atom is 0.352 e. The van der Waals surface area contributed by atoms with Crippen LogP contribution in [0.5, 0.6) is 0 Å². The van der Waals surface area contributed by atoms with Crippen molar-refractivity contribution in [3.05, 3.63) is 95.6 Å². The Balaban J connectivity index is 1.64. The van der Waals surface area contributed by atoms with Crippen molar-refractivity contribution >= 4 is 29.5 Å². The Morgan fingerprint density at radius 1 is 1.13 bits per heavy atom. The summed E-state index contributed by atoms with van der Waals surface area (Å²) in [4.78, 5) is 24.3. The Kier molecular flexibility index (Phi) is 5.13. The van der Waals surface area contributed by atoms with Crippen molar-refractivity contribution in [3.8, 4) is 0 Å². The molecule has 1 aliphatic rings. The van der Waals surface area contributed by atoms with Gasteiger partial charge >= 0.3 is 5.97 Å². The molecule has 3 aromatic rings. The smallest absolute Gasteiger partial charge is 0.352 e. The standard InChI is InChI=1S/C22H17FN4O3/c23-15-7-9-16(10-8-15)25-21(28)18-13-24-27-17(11-6-14-4-2-1-3-5-14)12-19(22(29)30)26-20(18)27/h1-13,17,26H,(H,25,28)(H,29,30)/b11-6+. The summed E-state index contributed by atoms with van der Waals surface area (Å²) >= 11 is 0. The molecule has 0 radical (unpaired) electrons. The molecule has 2 heterocycles. The molecule has 1 aromatic heterocycles. The molecule has 7 nitrogen and oxygen atoms in total. The monoisotopic (exact) mass is 404 g/mol. The van der Waals surface area contributed by atoms with Crippen molar-refractivity contribution in [2.75, 3.05) is 10.6 Å². The molecule has 1 amide bonds. The van der Waals surface area contributed by atoms with E-state index < -0.39 is 23.7 Å². The average Bonchev–Trinajstić information content (AvgIpc) is 3.18. The number of aromatic nitrogens is 2. The number of carbonyl (C=O) groups excluding carboxylic acids is 1. The number of amides is 1. The molecule has 1 atom stereocenters. The van der Waals surface area contributed by atoms with Crippen LogP contribution in [0.4, 0.5) is 15.9 Å². The van der Waals surface area contributed by atoms with E-state index in [9.17, 15) is 19.1 Å². The molecule has 30 heavy (non-hydrogen) atoms. The highest BCUT2D eigenvalue weighted by molar-refractivity contribution is 6.08. The summed E-state index contributed by atoms with van der Waals surface area (Å²) in [7, 11) is 0. The molecule has 0 saturated heterocycles. The Bertz CT molecular complexity index is 1150. The van der Waals surface area contributed by atoms with E-state index in [1.165, 1.54) is 41.2 Å². The van der Waals surface area contributed by atoms with Crippen LogP contribution in [-0.4, -0.2) is 26.8 Å². The van der Waals surface area contributed by atoms with E-state index in [0.717, 1.165) is 5.56 Å². The summed E-state index contributed by atoms with van der Waals surface area (Å²) in [6.45, 7) is 0. The van der Waals surface area contributed by atoms with Crippen LogP contribution in [0, 0.1) is 5.82 Å². The second-order valence-electron chi connectivity index (χ2n) is 6.58. The number of nitrogens with zero attached hydrogens (tertiary/aromatic N) is 2. The van der Waals surface area contributed by atoms with Crippen LogP contribution in [0.1, 0.15) is 22.0 Å². The van der Waals surface area contributed by atoms with Crippen LogP contribution in [0.15, 0.2) is 78.6 Å². The Hall–Kier alpha value is -4.20. The molecule has 3 N–H and O–H groups in total. The molecule has 2 aromatic carbocycles. The largest absolute Gasteiger partial charge is 0.477 e. The van der Waals surface area contributed by atoms with Gasteiger partial charge in [0.25, 0.3) is 5.91 Å². The third kappa shape index (κ3) is 3.97. The Morgan fingerprint density at radius 3 is 2.57 bits per heavy atom. The van der Waals surface area contributed by atoms with Crippen LogP contribution < -0.4 is 10.6 Å². The zero-order valence-electron chi connectivity index (χ0n) is 15.6. The van der Waals surface area contributed by atoms with E-state index in [4.69, 9.17) is 0 Å². The van der Waals surface area contributed by atoms with Gasteiger partial charge in [-0.05, 0) is 35.9 Å². The van der Waals surface area contributed by atoms with Gasteiger partial charge < -0.3 is 15.7 Å². The number of aliphatic carboxylic acids is 1. The lowest BCUT2D eigenvalue weighted by atomic mass is 10.1. The minimum absolute atomic E-state index is 0.0541. The van der Waals surface area contributed by atoms with Crippen LogP contribution in [0.25, 0.3) is 6.08 Å². The van der Waals surface area contributed by atoms with Crippen molar-refractivity contribution in [1.29, 1.82) is 0 Å². The fourth-order valence-corrected chi connectivity index (χ4v) is 3.06. The third-order valence-electron chi connectivity index (χ3n) is 4.53. The predicted molar refractivity (Wildman–Crippen MR) is 110 cm³/mol. The Morgan fingerprint density at radius 2 is 1.87 bits per heavy atom. The number of fused-ring (bicyclic) bond motifs is 1. The first-order valence-electron chi connectivity index (χ1n) is 9.11. The average molecular weight is 404 g/mol. The van der Waals surface area contributed by atoms with Gasteiger partial charge in [0.1, 0.15) is 22.9 Å². The molecule has 0 fully saturated rings. The third-order valence-corrected chi connectivity index (χ3v) is 4.53. The number of halogens is 1. The highest BCUT2D eigenvalue weighted by Gasteiger charge is 2.27. The summed E-state index contributed by atoms with van der Waals surface area (Å²) in [6, 6.07) is 14.4. The van der Waals surface area contributed by atoms with E-state index >= 15 is 0 Å². The number of nitrogens with one attached hydrogen (secondary N) is 2. The molecule has 0 aliphatic carbocycles. The number of benzene rings is 2. The normalized spacial score (nSPS) is 15.2. The molecular weight excluding hydrogens is 387 g/mol. The van der Waals surface area contributed by atoms with Crippen molar-refractivity contribution in [1.82, 2.24) is 9.78 Å². The minimum atomic E-state index is -1.15. The van der Waals surface area contributed by atoms with Crippen LogP contribution in [0.3, 0.4) is 0 Å². The fraction of sp³-hybridized carbons (Fsp3) is 0.0455. The maximum absolute atomic E-state index is 13.1. The zero-order chi connectivity index (χ0) is 21.1. The molecule has 1 unspecified atom stereocenters. The molecule has 1 aliphatic heterocycles. The highest BCUT2D eigenvalue weighted by Crippen LogP contribution is 2.29. The first-order chi connectivity index (χ1) is 14.5. The maximum atomic E-state index is 13.1. The van der Waals surface area contributed by atoms with Crippen LogP contribution in [0.2, 0.25) is 0 Å². The number of allylic oxidation sites excluding steroid dienone is 2. The van der Waals surface area contributed by atoms with Crippen molar-refractivity contribution in [3.63, 3.8) is 0 Å². The predicted octanol–water partition coefficient (Wildman–Crippen LogP) is 3.92. The number of hydrogen-bond acceptors (Lipinski definition) is 4. The molecule has 150 valence electrons. The minimum Gasteiger partial charge on any atom is -0.477 e. The van der Waals surface area contributed by atoms with Crippen molar-refractivity contribution < 1.29 is 19.1 Å². The van der Waals surface area contributed by atoms with Gasteiger partial charge in [-0.2, -0.15) is 5.10 Å². The molecular formula is C22H17FN4O3. The van der Waals surface area contributed by atoms with E-state index in [0.29, 0.717) is 5.69 Å².